The predicted molar refractivity (Wildman–Crippen MR) is 62.3 cm³/mol. The van der Waals surface area contributed by atoms with Crippen molar-refractivity contribution in [3.63, 3.8) is 0 Å². The van der Waals surface area contributed by atoms with Gasteiger partial charge in [-0.3, -0.25) is 4.79 Å². The Hall–Kier alpha value is -1.43. The zero-order valence-corrected chi connectivity index (χ0v) is 9.39. The number of aliphatic hydroxyl groups is 2. The first kappa shape index (κ1) is 12.0. The first-order chi connectivity index (χ1) is 8.15. The Labute approximate surface area is 99.3 Å². The summed E-state index contributed by atoms with van der Waals surface area (Å²) in [6.07, 6.45) is -1.57. The highest BCUT2D eigenvalue weighted by atomic mass is 16.3. The molecule has 2 unspecified atom stereocenters. The van der Waals surface area contributed by atoms with Crippen LogP contribution in [-0.2, 0) is 6.54 Å². The smallest absolute Gasteiger partial charge is 0.251 e. The molecule has 0 saturated heterocycles. The van der Waals surface area contributed by atoms with Crippen LogP contribution in [0.4, 0.5) is 0 Å². The first-order valence-corrected chi connectivity index (χ1v) is 5.61. The van der Waals surface area contributed by atoms with Gasteiger partial charge in [-0.05, 0) is 30.2 Å². The molecule has 2 rings (SSSR count). The van der Waals surface area contributed by atoms with Crippen LogP contribution in [0, 0.1) is 0 Å². The Balaban J connectivity index is 2.31. The molecule has 0 aromatic heterocycles. The first-order valence-electron chi connectivity index (χ1n) is 5.61. The van der Waals surface area contributed by atoms with E-state index in [-0.39, 0.29) is 5.91 Å². The van der Waals surface area contributed by atoms with Gasteiger partial charge in [0.1, 0.15) is 6.10 Å². The van der Waals surface area contributed by atoms with Gasteiger partial charge >= 0.3 is 0 Å². The molecule has 2 atom stereocenters. The minimum atomic E-state index is -0.999. The Bertz CT molecular complexity index is 434. The lowest BCUT2D eigenvalue weighted by molar-refractivity contribution is 0.0145. The van der Waals surface area contributed by atoms with Crippen molar-refractivity contribution in [3.8, 4) is 0 Å². The number of carbonyl (C=O) groups is 1. The Morgan fingerprint density at radius 3 is 2.88 bits per heavy atom. The number of nitrogens with two attached hydrogens (primary N) is 1. The lowest BCUT2D eigenvalue weighted by Gasteiger charge is -2.19. The summed E-state index contributed by atoms with van der Waals surface area (Å²) in [5, 5.41) is 22.5. The highest BCUT2D eigenvalue weighted by Gasteiger charge is 2.27. The second kappa shape index (κ2) is 4.83. The number of nitrogens with one attached hydrogen (secondary N) is 1. The van der Waals surface area contributed by atoms with Gasteiger partial charge in [0.15, 0.2) is 0 Å². The predicted octanol–water partition coefficient (Wildman–Crippen LogP) is -0.327. The maximum atomic E-state index is 11.5. The van der Waals surface area contributed by atoms with Gasteiger partial charge in [0.05, 0.1) is 6.10 Å². The SMILES string of the molecule is NCCC(O)C(O)c1cccc2c1CNC2=O. The zero-order chi connectivity index (χ0) is 12.4. The van der Waals surface area contributed by atoms with E-state index in [4.69, 9.17) is 5.73 Å². The summed E-state index contributed by atoms with van der Waals surface area (Å²) < 4.78 is 0. The molecular weight excluding hydrogens is 220 g/mol. The molecule has 5 N–H and O–H groups in total. The fourth-order valence-corrected chi connectivity index (χ4v) is 2.09. The van der Waals surface area contributed by atoms with E-state index in [9.17, 15) is 15.0 Å². The molecule has 1 heterocycles. The van der Waals surface area contributed by atoms with Crippen LogP contribution in [0.1, 0.15) is 34.0 Å². The molecule has 0 saturated carbocycles. The number of hydrogen-bond donors (Lipinski definition) is 4. The summed E-state index contributed by atoms with van der Waals surface area (Å²) >= 11 is 0. The average molecular weight is 236 g/mol. The number of rotatable bonds is 4. The third-order valence-corrected chi connectivity index (χ3v) is 3.03. The summed E-state index contributed by atoms with van der Waals surface area (Å²) in [6.45, 7) is 0.710. The number of benzene rings is 1. The van der Waals surface area contributed by atoms with Crippen LogP contribution in [0.15, 0.2) is 18.2 Å². The van der Waals surface area contributed by atoms with E-state index in [1.165, 1.54) is 0 Å². The molecule has 1 aliphatic heterocycles. The van der Waals surface area contributed by atoms with Gasteiger partial charge in [-0.15, -0.1) is 0 Å². The zero-order valence-electron chi connectivity index (χ0n) is 9.39. The van der Waals surface area contributed by atoms with Crippen LogP contribution in [-0.4, -0.2) is 28.8 Å². The topological polar surface area (TPSA) is 95.6 Å². The molecule has 0 aliphatic carbocycles. The van der Waals surface area contributed by atoms with Gasteiger partial charge in [-0.25, -0.2) is 0 Å². The Kier molecular flexibility index (Phi) is 3.42. The largest absolute Gasteiger partial charge is 0.390 e. The fourth-order valence-electron chi connectivity index (χ4n) is 2.09. The molecule has 5 nitrogen and oxygen atoms in total. The minimum absolute atomic E-state index is 0.137. The van der Waals surface area contributed by atoms with Crippen molar-refractivity contribution in [2.24, 2.45) is 5.73 Å². The third kappa shape index (κ3) is 2.17. The van der Waals surface area contributed by atoms with E-state index in [1.54, 1.807) is 18.2 Å². The Morgan fingerprint density at radius 2 is 2.18 bits per heavy atom. The van der Waals surface area contributed by atoms with Crippen molar-refractivity contribution >= 4 is 5.91 Å². The fraction of sp³-hybridized carbons (Fsp3) is 0.417. The van der Waals surface area contributed by atoms with Crippen molar-refractivity contribution < 1.29 is 15.0 Å². The molecule has 1 aromatic carbocycles. The molecule has 0 fully saturated rings. The van der Waals surface area contributed by atoms with Crippen molar-refractivity contribution in [1.82, 2.24) is 5.32 Å². The van der Waals surface area contributed by atoms with Crippen molar-refractivity contribution in [2.45, 2.75) is 25.2 Å². The van der Waals surface area contributed by atoms with Crippen LogP contribution >= 0.6 is 0 Å². The number of amides is 1. The van der Waals surface area contributed by atoms with E-state index in [0.717, 1.165) is 5.56 Å². The standard InChI is InChI=1S/C12H16N2O3/c13-5-4-10(15)11(16)7-2-1-3-8-9(7)6-14-12(8)17/h1-3,10-11,15-16H,4-6,13H2,(H,14,17). The molecule has 1 aromatic rings. The summed E-state index contributed by atoms with van der Waals surface area (Å²) in [5.41, 5.74) is 7.28. The molecule has 0 bridgehead atoms. The summed E-state index contributed by atoms with van der Waals surface area (Å²) in [4.78, 5) is 11.5. The van der Waals surface area contributed by atoms with E-state index in [1.807, 2.05) is 0 Å². The number of aliphatic hydroxyl groups excluding tert-OH is 2. The van der Waals surface area contributed by atoms with Crippen LogP contribution in [0.5, 0.6) is 0 Å². The van der Waals surface area contributed by atoms with Gasteiger partial charge in [-0.2, -0.15) is 0 Å². The van der Waals surface area contributed by atoms with Crippen LogP contribution < -0.4 is 11.1 Å². The molecular formula is C12H16N2O3. The van der Waals surface area contributed by atoms with Gasteiger partial charge in [-0.1, -0.05) is 12.1 Å². The maximum Gasteiger partial charge on any atom is 0.251 e. The van der Waals surface area contributed by atoms with Crippen molar-refractivity contribution in [2.75, 3.05) is 6.54 Å². The van der Waals surface area contributed by atoms with Gasteiger partial charge in [0.2, 0.25) is 0 Å². The van der Waals surface area contributed by atoms with Crippen molar-refractivity contribution in [3.05, 3.63) is 34.9 Å². The normalized spacial score (nSPS) is 17.5. The summed E-state index contributed by atoms with van der Waals surface area (Å²) in [6, 6.07) is 5.14. The quantitative estimate of drug-likeness (QED) is 0.576. The van der Waals surface area contributed by atoms with Gasteiger partial charge in [0, 0.05) is 12.1 Å². The monoisotopic (exact) mass is 236 g/mol. The molecule has 5 heteroatoms. The maximum absolute atomic E-state index is 11.5. The minimum Gasteiger partial charge on any atom is -0.390 e. The second-order valence-corrected chi connectivity index (χ2v) is 4.15. The molecule has 17 heavy (non-hydrogen) atoms. The Morgan fingerprint density at radius 1 is 1.41 bits per heavy atom. The highest BCUT2D eigenvalue weighted by Crippen LogP contribution is 2.27. The van der Waals surface area contributed by atoms with E-state index >= 15 is 0 Å². The van der Waals surface area contributed by atoms with E-state index in [0.29, 0.717) is 30.6 Å². The van der Waals surface area contributed by atoms with Crippen LogP contribution in [0.2, 0.25) is 0 Å². The lowest BCUT2D eigenvalue weighted by atomic mass is 9.95. The molecule has 1 amide bonds. The molecule has 0 radical (unpaired) electrons. The van der Waals surface area contributed by atoms with Crippen LogP contribution in [0.25, 0.3) is 0 Å². The van der Waals surface area contributed by atoms with Gasteiger partial charge < -0.3 is 21.3 Å². The number of fused-ring (bicyclic) bond motifs is 1. The molecule has 1 aliphatic rings. The van der Waals surface area contributed by atoms with E-state index in [2.05, 4.69) is 5.32 Å². The summed E-state index contributed by atoms with van der Waals surface area (Å²) in [7, 11) is 0. The van der Waals surface area contributed by atoms with Crippen molar-refractivity contribution in [1.29, 1.82) is 0 Å². The second-order valence-electron chi connectivity index (χ2n) is 4.15. The lowest BCUT2D eigenvalue weighted by Crippen LogP contribution is -2.22. The highest BCUT2D eigenvalue weighted by molar-refractivity contribution is 5.98. The van der Waals surface area contributed by atoms with Gasteiger partial charge in [0.25, 0.3) is 5.91 Å². The van der Waals surface area contributed by atoms with Crippen LogP contribution in [0.3, 0.4) is 0 Å². The molecule has 92 valence electrons. The van der Waals surface area contributed by atoms with E-state index < -0.39 is 12.2 Å². The number of hydrogen-bond acceptors (Lipinski definition) is 4. The summed E-state index contributed by atoms with van der Waals surface area (Å²) in [5.74, 6) is -0.137. The average Bonchev–Trinajstić information content (AvgIpc) is 2.71. The molecule has 0 spiro atoms. The third-order valence-electron chi connectivity index (χ3n) is 3.03. The number of carbonyl (C=O) groups excluding carboxylic acids is 1.